The summed E-state index contributed by atoms with van der Waals surface area (Å²) in [6, 6.07) is 0. The highest BCUT2D eigenvalue weighted by atomic mass is 16.7. The number of esters is 2. The Kier molecular flexibility index (Phi) is 4.27. The van der Waals surface area contributed by atoms with Gasteiger partial charge in [0.2, 0.25) is 0 Å². The summed E-state index contributed by atoms with van der Waals surface area (Å²) in [7, 11) is 0. The highest BCUT2D eigenvalue weighted by molar-refractivity contribution is 5.92. The summed E-state index contributed by atoms with van der Waals surface area (Å²) in [5, 5.41) is 51.0. The van der Waals surface area contributed by atoms with Crippen LogP contribution in [0.4, 0.5) is 0 Å². The second-order valence-corrected chi connectivity index (χ2v) is 2.63. The molecule has 0 radical (unpaired) electrons. The third-order valence-electron chi connectivity index (χ3n) is 1.28. The van der Waals surface area contributed by atoms with Crippen molar-refractivity contribution in [1.82, 2.24) is 0 Å². The molecule has 0 rings (SSSR count). The summed E-state index contributed by atoms with van der Waals surface area (Å²) in [6.07, 6.45) is 0. The van der Waals surface area contributed by atoms with E-state index in [2.05, 4.69) is 4.74 Å². The standard InChI is InChI=1S/C6H10O9/c7-1-5(11,12)3(9)15-4(10)6(13,14)2-8/h7-8,11-14H,1-2H2. The molecule has 0 aromatic rings. The summed E-state index contributed by atoms with van der Waals surface area (Å²) in [4.78, 5) is 21.3. The SMILES string of the molecule is O=C(OC(=O)C(O)(O)CO)C(O)(O)CO. The predicted octanol–water partition coefficient (Wildman–Crippen LogP) is -4.60. The van der Waals surface area contributed by atoms with Crippen molar-refractivity contribution in [1.29, 1.82) is 0 Å². The first-order valence-corrected chi connectivity index (χ1v) is 3.55. The van der Waals surface area contributed by atoms with Crippen molar-refractivity contribution in [3.8, 4) is 0 Å². The van der Waals surface area contributed by atoms with Crippen molar-refractivity contribution in [2.24, 2.45) is 0 Å². The van der Waals surface area contributed by atoms with Gasteiger partial charge >= 0.3 is 11.9 Å². The lowest BCUT2D eigenvalue weighted by atomic mass is 10.3. The van der Waals surface area contributed by atoms with E-state index in [0.717, 1.165) is 0 Å². The molecule has 0 bridgehead atoms. The van der Waals surface area contributed by atoms with E-state index < -0.39 is 36.7 Å². The molecule has 0 unspecified atom stereocenters. The number of ether oxygens (including phenoxy) is 1. The van der Waals surface area contributed by atoms with Crippen LogP contribution in [0.3, 0.4) is 0 Å². The molecular formula is C6H10O9. The molecule has 0 aliphatic rings. The zero-order valence-corrected chi connectivity index (χ0v) is 7.32. The zero-order valence-electron chi connectivity index (χ0n) is 7.32. The molecule has 9 heteroatoms. The minimum Gasteiger partial charge on any atom is -0.390 e. The molecule has 88 valence electrons. The molecule has 0 fully saturated rings. The van der Waals surface area contributed by atoms with Gasteiger partial charge < -0.3 is 35.4 Å². The summed E-state index contributed by atoms with van der Waals surface area (Å²) in [5.74, 6) is -10.7. The van der Waals surface area contributed by atoms with Gasteiger partial charge in [0, 0.05) is 0 Å². The van der Waals surface area contributed by atoms with Gasteiger partial charge in [0.05, 0.1) is 0 Å². The van der Waals surface area contributed by atoms with Crippen LogP contribution in [0, 0.1) is 0 Å². The third-order valence-corrected chi connectivity index (χ3v) is 1.28. The third kappa shape index (κ3) is 3.51. The van der Waals surface area contributed by atoms with Crippen molar-refractivity contribution in [2.75, 3.05) is 13.2 Å². The van der Waals surface area contributed by atoms with Crippen molar-refractivity contribution < 1.29 is 45.0 Å². The average molecular weight is 226 g/mol. The zero-order chi connectivity index (χ0) is 12.3. The molecule has 0 aromatic carbocycles. The first kappa shape index (κ1) is 13.9. The van der Waals surface area contributed by atoms with E-state index in [1.165, 1.54) is 0 Å². The van der Waals surface area contributed by atoms with E-state index in [9.17, 15) is 9.59 Å². The maximum absolute atomic E-state index is 10.7. The molecule has 0 aliphatic heterocycles. The van der Waals surface area contributed by atoms with Crippen LogP contribution in [0.15, 0.2) is 0 Å². The number of carbonyl (C=O) groups excluding carboxylic acids is 2. The Morgan fingerprint density at radius 1 is 0.867 bits per heavy atom. The van der Waals surface area contributed by atoms with Crippen molar-refractivity contribution in [3.63, 3.8) is 0 Å². The molecule has 6 N–H and O–H groups in total. The number of aliphatic hydroxyl groups excluding tert-OH is 2. The lowest BCUT2D eigenvalue weighted by Crippen LogP contribution is -2.50. The van der Waals surface area contributed by atoms with Gasteiger partial charge in [0.25, 0.3) is 11.6 Å². The first-order valence-electron chi connectivity index (χ1n) is 3.55. The molecule has 15 heavy (non-hydrogen) atoms. The van der Waals surface area contributed by atoms with Crippen LogP contribution in [0.1, 0.15) is 0 Å². The number of aliphatic hydroxyl groups is 6. The second-order valence-electron chi connectivity index (χ2n) is 2.63. The Balaban J connectivity index is 4.51. The van der Waals surface area contributed by atoms with Gasteiger partial charge in [-0.1, -0.05) is 0 Å². The normalized spacial score (nSPS) is 12.4. The maximum Gasteiger partial charge on any atom is 0.376 e. The van der Waals surface area contributed by atoms with Gasteiger partial charge in [-0.25, -0.2) is 9.59 Å². The predicted molar refractivity (Wildman–Crippen MR) is 39.6 cm³/mol. The molecule has 9 nitrogen and oxygen atoms in total. The number of hydrogen-bond acceptors (Lipinski definition) is 9. The highest BCUT2D eigenvalue weighted by Crippen LogP contribution is 2.06. The van der Waals surface area contributed by atoms with Gasteiger partial charge in [-0.3, -0.25) is 0 Å². The van der Waals surface area contributed by atoms with Gasteiger partial charge in [0.1, 0.15) is 13.2 Å². The lowest BCUT2D eigenvalue weighted by Gasteiger charge is -2.19. The van der Waals surface area contributed by atoms with Gasteiger partial charge in [-0.15, -0.1) is 0 Å². The van der Waals surface area contributed by atoms with E-state index >= 15 is 0 Å². The summed E-state index contributed by atoms with van der Waals surface area (Å²) in [5.41, 5.74) is 0. The molecule has 0 spiro atoms. The number of rotatable bonds is 4. The minimum atomic E-state index is -3.33. The molecular weight excluding hydrogens is 216 g/mol. The monoisotopic (exact) mass is 226 g/mol. The van der Waals surface area contributed by atoms with Gasteiger partial charge in [-0.05, 0) is 0 Å². The van der Waals surface area contributed by atoms with Crippen LogP contribution in [-0.2, 0) is 14.3 Å². The summed E-state index contributed by atoms with van der Waals surface area (Å²) >= 11 is 0. The summed E-state index contributed by atoms with van der Waals surface area (Å²) < 4.78 is 3.56. The minimum absolute atomic E-state index is 1.46. The molecule has 0 atom stereocenters. The Morgan fingerprint density at radius 3 is 1.33 bits per heavy atom. The smallest absolute Gasteiger partial charge is 0.376 e. The van der Waals surface area contributed by atoms with Crippen LogP contribution in [0.25, 0.3) is 0 Å². The van der Waals surface area contributed by atoms with E-state index in [1.54, 1.807) is 0 Å². The average Bonchev–Trinajstić information content (AvgIpc) is 2.17. The van der Waals surface area contributed by atoms with E-state index in [0.29, 0.717) is 0 Å². The van der Waals surface area contributed by atoms with Crippen LogP contribution < -0.4 is 0 Å². The highest BCUT2D eigenvalue weighted by Gasteiger charge is 2.42. The Morgan fingerprint density at radius 2 is 1.13 bits per heavy atom. The number of carbonyl (C=O) groups is 2. The largest absolute Gasteiger partial charge is 0.390 e. The quantitative estimate of drug-likeness (QED) is 0.157. The fourth-order valence-electron chi connectivity index (χ4n) is 0.377. The van der Waals surface area contributed by atoms with E-state index in [4.69, 9.17) is 30.6 Å². The Bertz CT molecular complexity index is 229. The van der Waals surface area contributed by atoms with Crippen LogP contribution in [0.5, 0.6) is 0 Å². The van der Waals surface area contributed by atoms with Crippen LogP contribution >= 0.6 is 0 Å². The van der Waals surface area contributed by atoms with Crippen molar-refractivity contribution in [3.05, 3.63) is 0 Å². The first-order chi connectivity index (χ1) is 6.67. The molecule has 0 heterocycles. The van der Waals surface area contributed by atoms with Gasteiger partial charge in [-0.2, -0.15) is 0 Å². The molecule has 0 saturated carbocycles. The van der Waals surface area contributed by atoms with Gasteiger partial charge in [0.15, 0.2) is 0 Å². The second kappa shape index (κ2) is 4.61. The van der Waals surface area contributed by atoms with Crippen molar-refractivity contribution >= 4 is 11.9 Å². The Hall–Kier alpha value is -1.10. The van der Waals surface area contributed by atoms with Crippen LogP contribution in [0.2, 0.25) is 0 Å². The fraction of sp³-hybridized carbons (Fsp3) is 0.667. The summed E-state index contributed by atoms with van der Waals surface area (Å²) in [6.45, 7) is -2.91. The van der Waals surface area contributed by atoms with E-state index in [-0.39, 0.29) is 0 Å². The Labute approximate surface area is 82.8 Å². The topological polar surface area (TPSA) is 165 Å². The fourth-order valence-corrected chi connectivity index (χ4v) is 0.377. The molecule has 0 amide bonds. The number of hydrogen-bond donors (Lipinski definition) is 6. The molecule has 0 aliphatic carbocycles. The molecule has 0 saturated heterocycles. The van der Waals surface area contributed by atoms with E-state index in [1.807, 2.05) is 0 Å². The molecule has 0 aromatic heterocycles. The lowest BCUT2D eigenvalue weighted by molar-refractivity contribution is -0.240. The maximum atomic E-state index is 10.7. The van der Waals surface area contributed by atoms with Crippen molar-refractivity contribution in [2.45, 2.75) is 11.6 Å². The van der Waals surface area contributed by atoms with Crippen LogP contribution in [-0.4, -0.2) is 67.4 Å².